The second-order valence-corrected chi connectivity index (χ2v) is 6.43. The smallest absolute Gasteiger partial charge is 0.241 e. The van der Waals surface area contributed by atoms with Gasteiger partial charge in [0, 0.05) is 8.95 Å². The van der Waals surface area contributed by atoms with Crippen molar-refractivity contribution in [3.05, 3.63) is 27.1 Å². The third kappa shape index (κ3) is 3.33. The van der Waals surface area contributed by atoms with E-state index in [4.69, 9.17) is 0 Å². The number of amides is 1. The lowest BCUT2D eigenvalue weighted by Crippen LogP contribution is -2.45. The highest BCUT2D eigenvalue weighted by Crippen LogP contribution is 2.31. The van der Waals surface area contributed by atoms with E-state index in [0.717, 1.165) is 34.0 Å². The van der Waals surface area contributed by atoms with Crippen LogP contribution in [0.3, 0.4) is 0 Å². The van der Waals surface area contributed by atoms with Gasteiger partial charge in [0.15, 0.2) is 0 Å². The normalized spacial score (nSPS) is 23.7. The van der Waals surface area contributed by atoms with Crippen LogP contribution in [0.2, 0.25) is 0 Å². The third-order valence-corrected chi connectivity index (χ3v) is 4.52. The van der Waals surface area contributed by atoms with Gasteiger partial charge >= 0.3 is 0 Å². The van der Waals surface area contributed by atoms with E-state index in [-0.39, 0.29) is 11.9 Å². The molecule has 0 aliphatic carbocycles. The van der Waals surface area contributed by atoms with Crippen molar-refractivity contribution < 1.29 is 4.79 Å². The van der Waals surface area contributed by atoms with Crippen molar-refractivity contribution in [3.8, 4) is 0 Å². The third-order valence-electron chi connectivity index (χ3n) is 3.19. The van der Waals surface area contributed by atoms with E-state index in [1.807, 2.05) is 18.2 Å². The highest BCUT2D eigenvalue weighted by Gasteiger charge is 2.25. The predicted octanol–water partition coefficient (Wildman–Crippen LogP) is 3.54. The fraction of sp³-hybridized carbons (Fsp3) is 0.462. The Bertz CT molecular complexity index is 430. The van der Waals surface area contributed by atoms with Crippen LogP contribution in [-0.2, 0) is 4.79 Å². The molecule has 2 N–H and O–H groups in total. The maximum absolute atomic E-state index is 12.2. The molecule has 1 heterocycles. The quantitative estimate of drug-likeness (QED) is 0.829. The molecule has 1 aliphatic heterocycles. The molecular weight excluding hydrogens is 360 g/mol. The number of carbonyl (C=O) groups excluding carboxylic acids is 1. The predicted molar refractivity (Wildman–Crippen MR) is 80.7 cm³/mol. The van der Waals surface area contributed by atoms with Crippen LogP contribution in [0.1, 0.15) is 19.8 Å². The van der Waals surface area contributed by atoms with E-state index < -0.39 is 0 Å². The molecule has 2 rings (SSSR count). The van der Waals surface area contributed by atoms with Crippen molar-refractivity contribution in [1.82, 2.24) is 5.32 Å². The minimum absolute atomic E-state index is 0.0363. The van der Waals surface area contributed by atoms with Crippen LogP contribution in [0.25, 0.3) is 0 Å². The molecule has 0 bridgehead atoms. The number of hydrogen-bond donors (Lipinski definition) is 2. The topological polar surface area (TPSA) is 41.1 Å². The van der Waals surface area contributed by atoms with Crippen LogP contribution in [-0.4, -0.2) is 18.5 Å². The zero-order valence-electron chi connectivity index (χ0n) is 10.2. The van der Waals surface area contributed by atoms with Crippen molar-refractivity contribution in [2.75, 3.05) is 11.9 Å². The highest BCUT2D eigenvalue weighted by atomic mass is 79.9. The molecule has 0 saturated carbocycles. The second kappa shape index (κ2) is 6.17. The molecule has 1 aromatic carbocycles. The Hall–Kier alpha value is -0.390. The van der Waals surface area contributed by atoms with Gasteiger partial charge in [0.25, 0.3) is 0 Å². The molecular formula is C13H16Br2N2O. The fourth-order valence-electron chi connectivity index (χ4n) is 2.13. The molecule has 1 fully saturated rings. The number of anilines is 1. The van der Waals surface area contributed by atoms with Gasteiger partial charge in [-0.2, -0.15) is 0 Å². The average molecular weight is 376 g/mol. The molecule has 1 amide bonds. The number of rotatable bonds is 2. The second-order valence-electron chi connectivity index (χ2n) is 4.72. The minimum Gasteiger partial charge on any atom is -0.323 e. The van der Waals surface area contributed by atoms with Crippen LogP contribution in [0.15, 0.2) is 27.1 Å². The molecule has 2 unspecified atom stereocenters. The van der Waals surface area contributed by atoms with Gasteiger partial charge in [0.2, 0.25) is 5.91 Å². The van der Waals surface area contributed by atoms with Crippen molar-refractivity contribution >= 4 is 43.5 Å². The van der Waals surface area contributed by atoms with Gasteiger partial charge in [-0.15, -0.1) is 0 Å². The van der Waals surface area contributed by atoms with E-state index in [1.54, 1.807) is 0 Å². The first-order valence-corrected chi connectivity index (χ1v) is 7.65. The molecule has 1 aromatic rings. The van der Waals surface area contributed by atoms with Gasteiger partial charge < -0.3 is 10.6 Å². The van der Waals surface area contributed by atoms with Gasteiger partial charge in [0.1, 0.15) is 0 Å². The van der Waals surface area contributed by atoms with Crippen LogP contribution < -0.4 is 10.6 Å². The zero-order chi connectivity index (χ0) is 13.1. The molecule has 18 heavy (non-hydrogen) atoms. The number of benzene rings is 1. The summed E-state index contributed by atoms with van der Waals surface area (Å²) in [4.78, 5) is 12.2. The molecule has 98 valence electrons. The number of piperidine rings is 1. The molecule has 0 spiro atoms. The molecule has 0 radical (unpaired) electrons. The lowest BCUT2D eigenvalue weighted by Gasteiger charge is -2.27. The molecule has 2 atom stereocenters. The van der Waals surface area contributed by atoms with Gasteiger partial charge in [-0.1, -0.05) is 13.0 Å². The number of nitrogens with one attached hydrogen (secondary N) is 2. The zero-order valence-corrected chi connectivity index (χ0v) is 13.3. The van der Waals surface area contributed by atoms with Crippen molar-refractivity contribution in [1.29, 1.82) is 0 Å². The Morgan fingerprint density at radius 1 is 1.39 bits per heavy atom. The summed E-state index contributed by atoms with van der Waals surface area (Å²) in [6.07, 6.45) is 2.04. The first kappa shape index (κ1) is 14.0. The van der Waals surface area contributed by atoms with Crippen molar-refractivity contribution in [3.63, 3.8) is 0 Å². The van der Waals surface area contributed by atoms with Gasteiger partial charge in [-0.25, -0.2) is 0 Å². The molecule has 5 heteroatoms. The molecule has 3 nitrogen and oxygen atoms in total. The maximum Gasteiger partial charge on any atom is 0.241 e. The summed E-state index contributed by atoms with van der Waals surface area (Å²) in [5.41, 5.74) is 0.794. The number of para-hydroxylation sites is 1. The van der Waals surface area contributed by atoms with Gasteiger partial charge in [-0.05, 0) is 69.3 Å². The average Bonchev–Trinajstić information content (AvgIpc) is 2.34. The van der Waals surface area contributed by atoms with Crippen LogP contribution in [0.4, 0.5) is 5.69 Å². The lowest BCUT2D eigenvalue weighted by molar-refractivity contribution is -0.119. The largest absolute Gasteiger partial charge is 0.323 e. The Kier molecular flexibility index (Phi) is 4.81. The maximum atomic E-state index is 12.2. The first-order chi connectivity index (χ1) is 8.58. The van der Waals surface area contributed by atoms with Crippen molar-refractivity contribution in [2.24, 2.45) is 5.92 Å². The van der Waals surface area contributed by atoms with E-state index in [2.05, 4.69) is 49.4 Å². The van der Waals surface area contributed by atoms with Gasteiger partial charge in [0.05, 0.1) is 11.7 Å². The molecule has 1 aliphatic rings. The Balaban J connectivity index is 2.07. The van der Waals surface area contributed by atoms with E-state index >= 15 is 0 Å². The van der Waals surface area contributed by atoms with Crippen LogP contribution in [0, 0.1) is 5.92 Å². The van der Waals surface area contributed by atoms with E-state index in [9.17, 15) is 4.79 Å². The van der Waals surface area contributed by atoms with Crippen LogP contribution >= 0.6 is 31.9 Å². The summed E-state index contributed by atoms with van der Waals surface area (Å²) in [6.45, 7) is 3.10. The summed E-state index contributed by atoms with van der Waals surface area (Å²) < 4.78 is 1.77. The molecule has 0 aromatic heterocycles. The lowest BCUT2D eigenvalue weighted by atomic mass is 9.94. The fourth-order valence-corrected chi connectivity index (χ4v) is 3.33. The minimum atomic E-state index is -0.0900. The standard InChI is InChI=1S/C13H16Br2N2O/c1-8-5-6-16-11(7-8)13(18)17-12-9(14)3-2-4-10(12)15/h2-4,8,11,16H,5-7H2,1H3,(H,17,18). The number of hydrogen-bond acceptors (Lipinski definition) is 2. The van der Waals surface area contributed by atoms with Crippen molar-refractivity contribution in [2.45, 2.75) is 25.8 Å². The van der Waals surface area contributed by atoms with E-state index in [1.165, 1.54) is 0 Å². The van der Waals surface area contributed by atoms with E-state index in [0.29, 0.717) is 5.92 Å². The summed E-state index contributed by atoms with van der Waals surface area (Å²) in [5.74, 6) is 0.638. The number of halogens is 2. The Morgan fingerprint density at radius 2 is 2.06 bits per heavy atom. The SMILES string of the molecule is CC1CCNC(C(=O)Nc2c(Br)cccc2Br)C1. The molecule has 1 saturated heterocycles. The summed E-state index contributed by atoms with van der Waals surface area (Å²) >= 11 is 6.89. The van der Waals surface area contributed by atoms with Crippen LogP contribution in [0.5, 0.6) is 0 Å². The summed E-state index contributed by atoms with van der Waals surface area (Å²) in [6, 6.07) is 5.66. The number of carbonyl (C=O) groups is 1. The Labute approximate surface area is 124 Å². The van der Waals surface area contributed by atoms with Gasteiger partial charge in [-0.3, -0.25) is 4.79 Å². The highest BCUT2D eigenvalue weighted by molar-refractivity contribution is 9.11. The monoisotopic (exact) mass is 374 g/mol. The summed E-state index contributed by atoms with van der Waals surface area (Å²) in [5, 5.41) is 6.24. The first-order valence-electron chi connectivity index (χ1n) is 6.06. The Morgan fingerprint density at radius 3 is 2.67 bits per heavy atom. The summed E-state index contributed by atoms with van der Waals surface area (Å²) in [7, 11) is 0.